The number of methoxy groups -OCH3 is 1. The molecule has 1 atom stereocenters. The zero-order valence-electron chi connectivity index (χ0n) is 16.7. The summed E-state index contributed by atoms with van der Waals surface area (Å²) in [7, 11) is 1.55. The van der Waals surface area contributed by atoms with Gasteiger partial charge in [0.1, 0.15) is 23.3 Å². The zero-order valence-corrected chi connectivity index (χ0v) is 16.7. The van der Waals surface area contributed by atoms with Gasteiger partial charge in [-0.25, -0.2) is 9.78 Å². The summed E-state index contributed by atoms with van der Waals surface area (Å²) in [6.45, 7) is 0. The van der Waals surface area contributed by atoms with Gasteiger partial charge in [0, 0.05) is 0 Å². The average molecular weight is 431 g/mol. The van der Waals surface area contributed by atoms with E-state index in [9.17, 15) is 14.7 Å². The maximum Gasteiger partial charge on any atom is 0.328 e. The lowest BCUT2D eigenvalue weighted by Gasteiger charge is -2.27. The number of nitrogens with zero attached hydrogens (tertiary/aromatic N) is 2. The number of benzene rings is 2. The number of hydrogen-bond acceptors (Lipinski definition) is 7. The molecule has 1 aliphatic rings. The van der Waals surface area contributed by atoms with Crippen LogP contribution in [0.5, 0.6) is 23.3 Å². The van der Waals surface area contributed by atoms with Crippen molar-refractivity contribution in [3.05, 3.63) is 97.9 Å². The summed E-state index contributed by atoms with van der Waals surface area (Å²) in [6, 6.07) is 13.6. The molecule has 0 bridgehead atoms. The first-order valence-electron chi connectivity index (χ1n) is 9.60. The number of fused-ring (bicyclic) bond motifs is 2. The van der Waals surface area contributed by atoms with E-state index in [1.54, 1.807) is 49.6 Å². The van der Waals surface area contributed by atoms with Crippen LogP contribution in [0.15, 0.2) is 64.4 Å². The SMILES string of the molecule is COc1ccc(C2c3c([nH]c(=O)[nH]c3=O)Oc3ncn(-c4ccccc4O)c(=N)c32)cc1. The Morgan fingerprint density at radius 3 is 2.56 bits per heavy atom. The van der Waals surface area contributed by atoms with Crippen LogP contribution in [0.4, 0.5) is 0 Å². The van der Waals surface area contributed by atoms with Crippen LogP contribution in [0.2, 0.25) is 0 Å². The lowest BCUT2D eigenvalue weighted by molar-refractivity contribution is 0.403. The minimum Gasteiger partial charge on any atom is -0.506 e. The van der Waals surface area contributed by atoms with Crippen molar-refractivity contribution in [1.82, 2.24) is 19.5 Å². The Hall–Kier alpha value is -4.60. The molecule has 160 valence electrons. The fourth-order valence-corrected chi connectivity index (χ4v) is 3.85. The minimum atomic E-state index is -0.765. The summed E-state index contributed by atoms with van der Waals surface area (Å²) in [4.78, 5) is 33.7. The highest BCUT2D eigenvalue weighted by atomic mass is 16.5. The van der Waals surface area contributed by atoms with E-state index >= 15 is 0 Å². The average Bonchev–Trinajstić information content (AvgIpc) is 2.78. The van der Waals surface area contributed by atoms with E-state index in [0.717, 1.165) is 0 Å². The Labute approximate surface area is 179 Å². The van der Waals surface area contributed by atoms with Crippen molar-refractivity contribution in [3.63, 3.8) is 0 Å². The van der Waals surface area contributed by atoms with Crippen molar-refractivity contribution >= 4 is 0 Å². The van der Waals surface area contributed by atoms with E-state index in [1.807, 2.05) is 0 Å². The number of phenols is 1. The molecule has 0 spiro atoms. The van der Waals surface area contributed by atoms with Gasteiger partial charge in [-0.2, -0.15) is 0 Å². The predicted octanol–water partition coefficient (Wildman–Crippen LogP) is 1.73. The van der Waals surface area contributed by atoms with Gasteiger partial charge in [0.15, 0.2) is 0 Å². The van der Waals surface area contributed by atoms with Crippen LogP contribution in [0.3, 0.4) is 0 Å². The summed E-state index contributed by atoms with van der Waals surface area (Å²) >= 11 is 0. The Bertz CT molecular complexity index is 1520. The van der Waals surface area contributed by atoms with Crippen LogP contribution in [0, 0.1) is 5.41 Å². The largest absolute Gasteiger partial charge is 0.506 e. The third kappa shape index (κ3) is 2.97. The summed E-state index contributed by atoms with van der Waals surface area (Å²) in [6.07, 6.45) is 1.34. The molecular formula is C22H17N5O5. The molecule has 10 nitrogen and oxygen atoms in total. The number of nitrogens with one attached hydrogen (secondary N) is 3. The van der Waals surface area contributed by atoms with E-state index in [4.69, 9.17) is 14.9 Å². The maximum atomic E-state index is 12.8. The molecule has 4 aromatic rings. The number of aromatic amines is 2. The van der Waals surface area contributed by atoms with Crippen LogP contribution in [0.1, 0.15) is 22.6 Å². The summed E-state index contributed by atoms with van der Waals surface area (Å²) in [5, 5.41) is 19.2. The van der Waals surface area contributed by atoms with Crippen molar-refractivity contribution in [2.24, 2.45) is 0 Å². The maximum absolute atomic E-state index is 12.8. The number of aromatic nitrogens is 4. The highest BCUT2D eigenvalue weighted by molar-refractivity contribution is 5.54. The van der Waals surface area contributed by atoms with E-state index in [2.05, 4.69) is 15.0 Å². The monoisotopic (exact) mass is 431 g/mol. The Balaban J connectivity index is 1.82. The Morgan fingerprint density at radius 1 is 1.09 bits per heavy atom. The number of rotatable bonds is 3. The Kier molecular flexibility index (Phi) is 4.40. The summed E-state index contributed by atoms with van der Waals surface area (Å²) in [5.41, 5.74) is 0.0960. The molecule has 1 aliphatic heterocycles. The lowest BCUT2D eigenvalue weighted by atomic mass is 9.85. The highest BCUT2D eigenvalue weighted by Gasteiger charge is 2.35. The number of hydrogen-bond donors (Lipinski definition) is 4. The molecule has 0 saturated carbocycles. The number of phenolic OH excluding ortho intramolecular Hbond substituents is 1. The lowest BCUT2D eigenvalue weighted by Crippen LogP contribution is -2.35. The topological polar surface area (TPSA) is 146 Å². The van der Waals surface area contributed by atoms with E-state index in [-0.39, 0.29) is 28.6 Å². The molecule has 0 fully saturated rings. The molecule has 0 radical (unpaired) electrons. The van der Waals surface area contributed by atoms with Crippen LogP contribution in [-0.4, -0.2) is 31.7 Å². The smallest absolute Gasteiger partial charge is 0.328 e. The van der Waals surface area contributed by atoms with Crippen LogP contribution in [-0.2, 0) is 0 Å². The molecule has 2 aromatic carbocycles. The summed E-state index contributed by atoms with van der Waals surface area (Å²) < 4.78 is 12.4. The number of H-pyrrole nitrogens is 2. The molecular weight excluding hydrogens is 414 g/mol. The molecule has 2 aromatic heterocycles. The first-order chi connectivity index (χ1) is 15.5. The minimum absolute atomic E-state index is 0.0284. The van der Waals surface area contributed by atoms with Crippen LogP contribution >= 0.6 is 0 Å². The molecule has 0 saturated heterocycles. The standard InChI is InChI=1S/C22H17N5O5/c1-31-12-8-6-11(7-9-12)15-16-18(23)27(13-4-2-3-5-14(13)28)10-24-20(16)32-21-17(15)19(29)25-22(30)26-21/h2-10,15,23,28H,1H3,(H2,25,26,29,30). The number of para-hydroxylation sites is 2. The number of aromatic hydroxyl groups is 1. The van der Waals surface area contributed by atoms with Crippen LogP contribution < -0.4 is 26.2 Å². The van der Waals surface area contributed by atoms with Crippen LogP contribution in [0.25, 0.3) is 5.69 Å². The first kappa shape index (κ1) is 19.4. The van der Waals surface area contributed by atoms with Crippen molar-refractivity contribution < 1.29 is 14.6 Å². The quantitative estimate of drug-likeness (QED) is 0.342. The van der Waals surface area contributed by atoms with E-state index in [0.29, 0.717) is 22.6 Å². The second-order valence-corrected chi connectivity index (χ2v) is 7.13. The number of ether oxygens (including phenoxy) is 2. The molecule has 5 rings (SSSR count). The second-order valence-electron chi connectivity index (χ2n) is 7.13. The second kappa shape index (κ2) is 7.27. The molecule has 3 heterocycles. The van der Waals surface area contributed by atoms with Gasteiger partial charge in [0.2, 0.25) is 11.8 Å². The molecule has 1 unspecified atom stereocenters. The molecule has 10 heteroatoms. The van der Waals surface area contributed by atoms with E-state index < -0.39 is 17.2 Å². The van der Waals surface area contributed by atoms with Gasteiger partial charge in [-0.1, -0.05) is 24.3 Å². The predicted molar refractivity (Wildman–Crippen MR) is 113 cm³/mol. The molecule has 0 aliphatic carbocycles. The Morgan fingerprint density at radius 2 is 1.84 bits per heavy atom. The van der Waals surface area contributed by atoms with Gasteiger partial charge >= 0.3 is 5.69 Å². The van der Waals surface area contributed by atoms with Gasteiger partial charge < -0.3 is 14.6 Å². The van der Waals surface area contributed by atoms with Crippen molar-refractivity contribution in [2.45, 2.75) is 5.92 Å². The molecule has 4 N–H and O–H groups in total. The fourth-order valence-electron chi connectivity index (χ4n) is 3.85. The zero-order chi connectivity index (χ0) is 22.4. The van der Waals surface area contributed by atoms with Crippen molar-refractivity contribution in [3.8, 4) is 28.9 Å². The van der Waals surface area contributed by atoms with Gasteiger partial charge in [0.25, 0.3) is 5.56 Å². The summed E-state index contributed by atoms with van der Waals surface area (Å²) in [5.74, 6) is -0.125. The molecule has 0 amide bonds. The van der Waals surface area contributed by atoms with Gasteiger partial charge in [-0.3, -0.25) is 24.7 Å². The van der Waals surface area contributed by atoms with E-state index in [1.165, 1.54) is 17.0 Å². The van der Waals surface area contributed by atoms with Crippen molar-refractivity contribution in [2.75, 3.05) is 7.11 Å². The highest BCUT2D eigenvalue weighted by Crippen LogP contribution is 2.42. The van der Waals surface area contributed by atoms with Gasteiger partial charge in [-0.05, 0) is 29.8 Å². The van der Waals surface area contributed by atoms with Crippen molar-refractivity contribution in [1.29, 1.82) is 5.41 Å². The fraction of sp³-hybridized carbons (Fsp3) is 0.0909. The third-order valence-corrected chi connectivity index (χ3v) is 5.33. The molecule has 32 heavy (non-hydrogen) atoms. The van der Waals surface area contributed by atoms with Gasteiger partial charge in [-0.15, -0.1) is 0 Å². The normalized spacial score (nSPS) is 14.2. The third-order valence-electron chi connectivity index (χ3n) is 5.33. The first-order valence-corrected chi connectivity index (χ1v) is 9.60. The van der Waals surface area contributed by atoms with Gasteiger partial charge in [0.05, 0.1) is 29.8 Å².